The molecular formula is C20H18N4O2S. The molecule has 2 N–H and O–H groups in total. The van der Waals surface area contributed by atoms with Crippen LogP contribution in [-0.2, 0) is 16.4 Å². The highest BCUT2D eigenvalue weighted by Crippen LogP contribution is 2.21. The molecule has 0 saturated carbocycles. The van der Waals surface area contributed by atoms with E-state index in [0.29, 0.717) is 16.9 Å². The van der Waals surface area contributed by atoms with Crippen molar-refractivity contribution in [3.63, 3.8) is 0 Å². The smallest absolute Gasteiger partial charge is 0.263 e. The molecule has 0 aliphatic carbocycles. The van der Waals surface area contributed by atoms with E-state index in [1.807, 2.05) is 13.0 Å². The first-order chi connectivity index (χ1) is 13.0. The monoisotopic (exact) mass is 378 g/mol. The van der Waals surface area contributed by atoms with E-state index in [9.17, 15) is 8.42 Å². The number of nitriles is 1. The van der Waals surface area contributed by atoms with Gasteiger partial charge in [-0.2, -0.15) is 5.26 Å². The van der Waals surface area contributed by atoms with Crippen LogP contribution in [0.1, 0.15) is 18.1 Å². The largest absolute Gasteiger partial charge is 0.353 e. The van der Waals surface area contributed by atoms with Crippen molar-refractivity contribution in [2.45, 2.75) is 18.2 Å². The van der Waals surface area contributed by atoms with Crippen molar-refractivity contribution in [1.82, 2.24) is 4.98 Å². The van der Waals surface area contributed by atoms with Crippen LogP contribution in [0.25, 0.3) is 0 Å². The third-order valence-electron chi connectivity index (χ3n) is 3.97. The normalized spacial score (nSPS) is 10.8. The van der Waals surface area contributed by atoms with Crippen LogP contribution in [0.3, 0.4) is 0 Å². The van der Waals surface area contributed by atoms with Crippen molar-refractivity contribution >= 4 is 27.2 Å². The zero-order chi connectivity index (χ0) is 19.3. The highest BCUT2D eigenvalue weighted by atomic mass is 32.2. The van der Waals surface area contributed by atoms with Crippen LogP contribution in [0.4, 0.5) is 17.2 Å². The fourth-order valence-corrected chi connectivity index (χ4v) is 3.48. The summed E-state index contributed by atoms with van der Waals surface area (Å²) >= 11 is 0. The summed E-state index contributed by atoms with van der Waals surface area (Å²) in [6.07, 6.45) is 2.35. The summed E-state index contributed by atoms with van der Waals surface area (Å²) in [6.45, 7) is 2.01. The molecule has 0 saturated heterocycles. The van der Waals surface area contributed by atoms with E-state index in [-0.39, 0.29) is 10.7 Å². The molecule has 7 heteroatoms. The molecule has 0 unspecified atom stereocenters. The van der Waals surface area contributed by atoms with Gasteiger partial charge in [0.25, 0.3) is 10.0 Å². The molecule has 0 atom stereocenters. The maximum absolute atomic E-state index is 12.5. The molecule has 0 amide bonds. The second-order valence-corrected chi connectivity index (χ2v) is 7.50. The summed E-state index contributed by atoms with van der Waals surface area (Å²) in [5.41, 5.74) is 2.89. The summed E-state index contributed by atoms with van der Waals surface area (Å²) in [6, 6.07) is 19.2. The Kier molecular flexibility index (Phi) is 5.38. The van der Waals surface area contributed by atoms with Gasteiger partial charge in [-0.1, -0.05) is 31.2 Å². The lowest BCUT2D eigenvalue weighted by molar-refractivity contribution is 0.601. The molecule has 0 radical (unpaired) electrons. The topological polar surface area (TPSA) is 94.9 Å². The van der Waals surface area contributed by atoms with Crippen LogP contribution in [0.5, 0.6) is 0 Å². The zero-order valence-corrected chi connectivity index (χ0v) is 15.5. The number of sulfonamides is 1. The molecule has 0 aliphatic heterocycles. The molecule has 0 aliphatic rings. The zero-order valence-electron chi connectivity index (χ0n) is 14.7. The van der Waals surface area contributed by atoms with Gasteiger partial charge in [0.15, 0.2) is 0 Å². The Labute approximate surface area is 158 Å². The van der Waals surface area contributed by atoms with Crippen molar-refractivity contribution in [1.29, 1.82) is 5.26 Å². The maximum atomic E-state index is 12.5. The summed E-state index contributed by atoms with van der Waals surface area (Å²) in [7, 11) is -3.70. The summed E-state index contributed by atoms with van der Waals surface area (Å²) in [4.78, 5) is 4.33. The van der Waals surface area contributed by atoms with E-state index in [4.69, 9.17) is 5.26 Å². The van der Waals surface area contributed by atoms with Crippen molar-refractivity contribution < 1.29 is 8.42 Å². The number of pyridine rings is 1. The van der Waals surface area contributed by atoms with Crippen molar-refractivity contribution in [2.75, 3.05) is 10.0 Å². The van der Waals surface area contributed by atoms with Gasteiger partial charge in [0.1, 0.15) is 11.9 Å². The number of nitrogens with one attached hydrogen (secondary N) is 2. The first-order valence-corrected chi connectivity index (χ1v) is 9.84. The quantitative estimate of drug-likeness (QED) is 0.674. The number of benzene rings is 2. The first kappa shape index (κ1) is 18.4. The van der Waals surface area contributed by atoms with Crippen LogP contribution in [0, 0.1) is 11.3 Å². The molecule has 3 rings (SSSR count). The number of nitrogens with zero attached hydrogens (tertiary/aromatic N) is 2. The lowest BCUT2D eigenvalue weighted by atomic mass is 10.2. The van der Waals surface area contributed by atoms with Crippen LogP contribution in [0.2, 0.25) is 0 Å². The third kappa shape index (κ3) is 4.43. The van der Waals surface area contributed by atoms with Gasteiger partial charge in [0, 0.05) is 0 Å². The van der Waals surface area contributed by atoms with E-state index in [0.717, 1.165) is 12.0 Å². The average Bonchev–Trinajstić information content (AvgIpc) is 2.70. The van der Waals surface area contributed by atoms with Gasteiger partial charge >= 0.3 is 0 Å². The Bertz CT molecular complexity index is 1070. The summed E-state index contributed by atoms with van der Waals surface area (Å²) in [5, 5.41) is 12.2. The molecule has 0 bridgehead atoms. The molecular weight excluding hydrogens is 360 g/mol. The Morgan fingerprint density at radius 1 is 1.04 bits per heavy atom. The minimum absolute atomic E-state index is 0.187. The van der Waals surface area contributed by atoms with E-state index >= 15 is 0 Å². The van der Waals surface area contributed by atoms with Gasteiger partial charge < -0.3 is 5.32 Å². The molecule has 1 heterocycles. The van der Waals surface area contributed by atoms with Crippen molar-refractivity contribution in [3.8, 4) is 6.07 Å². The molecule has 27 heavy (non-hydrogen) atoms. The van der Waals surface area contributed by atoms with Gasteiger partial charge in [-0.05, 0) is 48.4 Å². The highest BCUT2D eigenvalue weighted by Gasteiger charge is 2.14. The van der Waals surface area contributed by atoms with Crippen molar-refractivity contribution in [3.05, 3.63) is 78.0 Å². The standard InChI is InChI=1S/C20H18N4O2S/c1-2-15-7-10-18(11-8-15)27(25,26)24-20-12-9-17(14-22-20)23-19-6-4-3-5-16(19)13-21/h3-12,14,23H,2H2,1H3,(H,22,24). The van der Waals surface area contributed by atoms with E-state index in [2.05, 4.69) is 21.1 Å². The molecule has 0 spiro atoms. The van der Waals surface area contributed by atoms with E-state index in [1.54, 1.807) is 54.6 Å². The van der Waals surface area contributed by atoms with Gasteiger partial charge in [-0.3, -0.25) is 4.72 Å². The Morgan fingerprint density at radius 2 is 1.78 bits per heavy atom. The van der Waals surface area contributed by atoms with Gasteiger partial charge in [0.05, 0.1) is 28.0 Å². The number of rotatable bonds is 6. The van der Waals surface area contributed by atoms with Crippen molar-refractivity contribution in [2.24, 2.45) is 0 Å². The Hall–Kier alpha value is -3.37. The number of hydrogen-bond acceptors (Lipinski definition) is 5. The second kappa shape index (κ2) is 7.89. The minimum Gasteiger partial charge on any atom is -0.353 e. The predicted octanol–water partition coefficient (Wildman–Crippen LogP) is 4.06. The first-order valence-electron chi connectivity index (χ1n) is 8.36. The number of para-hydroxylation sites is 1. The molecule has 6 nitrogen and oxygen atoms in total. The molecule has 3 aromatic rings. The van der Waals surface area contributed by atoms with Crippen LogP contribution in [0.15, 0.2) is 71.8 Å². The minimum atomic E-state index is -3.70. The number of anilines is 3. The Balaban J connectivity index is 1.74. The summed E-state index contributed by atoms with van der Waals surface area (Å²) < 4.78 is 27.4. The second-order valence-electron chi connectivity index (χ2n) is 5.82. The fraction of sp³-hybridized carbons (Fsp3) is 0.100. The SMILES string of the molecule is CCc1ccc(S(=O)(=O)Nc2ccc(Nc3ccccc3C#N)cn2)cc1. The van der Waals surface area contributed by atoms with Gasteiger partial charge in [0.2, 0.25) is 0 Å². The molecule has 136 valence electrons. The Morgan fingerprint density at radius 3 is 2.41 bits per heavy atom. The van der Waals surface area contributed by atoms with Crippen LogP contribution in [-0.4, -0.2) is 13.4 Å². The number of aromatic nitrogens is 1. The molecule has 0 fully saturated rings. The highest BCUT2D eigenvalue weighted by molar-refractivity contribution is 7.92. The van der Waals surface area contributed by atoms with Gasteiger partial charge in [-0.15, -0.1) is 0 Å². The lowest BCUT2D eigenvalue weighted by Gasteiger charge is -2.10. The number of aryl methyl sites for hydroxylation is 1. The lowest BCUT2D eigenvalue weighted by Crippen LogP contribution is -2.13. The fourth-order valence-electron chi connectivity index (χ4n) is 2.47. The summed E-state index contributed by atoms with van der Waals surface area (Å²) in [5.74, 6) is 0.216. The third-order valence-corrected chi connectivity index (χ3v) is 5.34. The average molecular weight is 378 g/mol. The van der Waals surface area contributed by atoms with Gasteiger partial charge in [-0.25, -0.2) is 13.4 Å². The maximum Gasteiger partial charge on any atom is 0.263 e. The van der Waals surface area contributed by atoms with Crippen LogP contribution < -0.4 is 10.0 Å². The number of hydrogen-bond donors (Lipinski definition) is 2. The molecule has 1 aromatic heterocycles. The van der Waals surface area contributed by atoms with E-state index in [1.165, 1.54) is 6.20 Å². The molecule has 2 aromatic carbocycles. The predicted molar refractivity (Wildman–Crippen MR) is 105 cm³/mol. The van der Waals surface area contributed by atoms with Crippen LogP contribution >= 0.6 is 0 Å². The van der Waals surface area contributed by atoms with E-state index < -0.39 is 10.0 Å².